The van der Waals surface area contributed by atoms with E-state index >= 15 is 0 Å². The molecule has 0 saturated heterocycles. The monoisotopic (exact) mass is 418 g/mol. The number of fused-ring (bicyclic) bond motifs is 1. The van der Waals surface area contributed by atoms with Crippen molar-refractivity contribution in [1.29, 1.82) is 5.26 Å². The number of nitrogens with one attached hydrogen (secondary N) is 1. The number of methoxy groups -OCH3 is 2. The van der Waals surface area contributed by atoms with Crippen molar-refractivity contribution < 1.29 is 18.9 Å². The van der Waals surface area contributed by atoms with Crippen LogP contribution in [0.25, 0.3) is 11.3 Å². The number of ether oxygens (including phenoxy) is 4. The molecular weight excluding hydrogens is 396 g/mol. The molecule has 0 amide bonds. The molecule has 0 bridgehead atoms. The first-order valence-electron chi connectivity index (χ1n) is 9.72. The van der Waals surface area contributed by atoms with Gasteiger partial charge in [-0.2, -0.15) is 5.26 Å². The Hall–Kier alpha value is -4.12. The van der Waals surface area contributed by atoms with Gasteiger partial charge < -0.3 is 24.7 Å². The van der Waals surface area contributed by atoms with Gasteiger partial charge in [0.1, 0.15) is 17.4 Å². The molecule has 3 N–H and O–H groups in total. The van der Waals surface area contributed by atoms with Crippen LogP contribution in [0.5, 0.6) is 23.1 Å². The van der Waals surface area contributed by atoms with Crippen LogP contribution in [-0.4, -0.2) is 31.0 Å². The molecule has 0 spiro atoms. The number of nitriles is 1. The highest BCUT2D eigenvalue weighted by atomic mass is 16.5. The highest BCUT2D eigenvalue weighted by Gasteiger charge is 2.35. The molecular formula is C23H22N4O4. The van der Waals surface area contributed by atoms with Gasteiger partial charge in [0.25, 0.3) is 0 Å². The van der Waals surface area contributed by atoms with Gasteiger partial charge in [-0.05, 0) is 42.8 Å². The van der Waals surface area contributed by atoms with Crippen LogP contribution in [0.1, 0.15) is 24.0 Å². The first-order valence-corrected chi connectivity index (χ1v) is 9.72. The normalized spacial score (nSPS) is 15.0. The van der Waals surface area contributed by atoms with E-state index in [9.17, 15) is 5.26 Å². The van der Waals surface area contributed by atoms with Gasteiger partial charge in [0, 0.05) is 5.56 Å². The number of nitrogens with two attached hydrogens (primary N) is 1. The molecule has 8 heteroatoms. The van der Waals surface area contributed by atoms with Crippen LogP contribution in [0, 0.1) is 11.3 Å². The smallest absolute Gasteiger partial charge is 0.244 e. The summed E-state index contributed by atoms with van der Waals surface area (Å²) in [6.45, 7) is 2.50. The van der Waals surface area contributed by atoms with Gasteiger partial charge in [0.05, 0.1) is 38.0 Å². The van der Waals surface area contributed by atoms with Crippen molar-refractivity contribution in [2.45, 2.75) is 12.8 Å². The molecule has 4 rings (SSSR count). The van der Waals surface area contributed by atoms with Crippen LogP contribution in [0.4, 0.5) is 0 Å². The maximum Gasteiger partial charge on any atom is 0.244 e. The predicted octanol–water partition coefficient (Wildman–Crippen LogP) is 3.71. The molecule has 2 aromatic carbocycles. The molecule has 8 nitrogen and oxygen atoms in total. The number of nitrogens with zero attached hydrogens (tertiary/aromatic N) is 2. The molecule has 2 heterocycles. The van der Waals surface area contributed by atoms with E-state index in [4.69, 9.17) is 24.7 Å². The molecule has 1 aliphatic heterocycles. The molecule has 1 atom stereocenters. The van der Waals surface area contributed by atoms with Crippen LogP contribution in [-0.2, 0) is 0 Å². The summed E-state index contributed by atoms with van der Waals surface area (Å²) < 4.78 is 22.0. The van der Waals surface area contributed by atoms with Crippen LogP contribution < -0.4 is 24.7 Å². The van der Waals surface area contributed by atoms with E-state index < -0.39 is 5.92 Å². The standard InChI is InChI=1S/C23H22N4O4/c1-4-30-15-8-5-13(6-9-15)19-16(12-24)22(25)31-23-20(19)21(26-27-23)14-7-10-17(28-2)18(11-14)29-3/h5-11,19H,4,25H2,1-3H3,(H,26,27). The Morgan fingerprint density at radius 3 is 2.52 bits per heavy atom. The van der Waals surface area contributed by atoms with E-state index in [0.29, 0.717) is 35.3 Å². The highest BCUT2D eigenvalue weighted by Crippen LogP contribution is 2.46. The van der Waals surface area contributed by atoms with Crippen molar-refractivity contribution in [2.24, 2.45) is 5.73 Å². The zero-order valence-electron chi connectivity index (χ0n) is 17.4. The predicted molar refractivity (Wildman–Crippen MR) is 114 cm³/mol. The second kappa shape index (κ2) is 8.32. The Bertz CT molecular complexity index is 1180. The Morgan fingerprint density at radius 2 is 1.87 bits per heavy atom. The zero-order valence-corrected chi connectivity index (χ0v) is 17.4. The molecule has 1 aliphatic rings. The van der Waals surface area contributed by atoms with Gasteiger partial charge in [-0.1, -0.05) is 12.1 Å². The molecule has 0 saturated carbocycles. The molecule has 0 aliphatic carbocycles. The van der Waals surface area contributed by atoms with Crippen molar-refractivity contribution in [2.75, 3.05) is 20.8 Å². The molecule has 3 aromatic rings. The summed E-state index contributed by atoms with van der Waals surface area (Å²) in [7, 11) is 3.16. The van der Waals surface area contributed by atoms with E-state index in [2.05, 4.69) is 16.3 Å². The molecule has 1 aromatic heterocycles. The van der Waals surface area contributed by atoms with Gasteiger partial charge in [-0.25, -0.2) is 0 Å². The first kappa shape index (κ1) is 20.2. The number of benzene rings is 2. The summed E-state index contributed by atoms with van der Waals surface area (Å²) in [6.07, 6.45) is 0. The minimum absolute atomic E-state index is 0.0410. The topological polar surface area (TPSA) is 115 Å². The number of rotatable bonds is 6. The number of allylic oxidation sites excluding steroid dienone is 1. The fourth-order valence-corrected chi connectivity index (χ4v) is 3.71. The van der Waals surface area contributed by atoms with Crippen LogP contribution in [0.3, 0.4) is 0 Å². The maximum absolute atomic E-state index is 9.85. The number of hydrogen-bond acceptors (Lipinski definition) is 7. The third kappa shape index (κ3) is 3.51. The SMILES string of the molecule is CCOc1ccc(C2C(C#N)=C(N)Oc3n[nH]c(-c4ccc(OC)c(OC)c4)c32)cc1. The number of H-pyrrole nitrogens is 1. The Morgan fingerprint density at radius 1 is 1.13 bits per heavy atom. The largest absolute Gasteiger partial charge is 0.494 e. The summed E-state index contributed by atoms with van der Waals surface area (Å²) in [5.41, 5.74) is 9.49. The maximum atomic E-state index is 9.85. The Labute approximate surface area is 179 Å². The lowest BCUT2D eigenvalue weighted by atomic mass is 9.83. The summed E-state index contributed by atoms with van der Waals surface area (Å²) in [5, 5.41) is 17.2. The number of aromatic amines is 1. The van der Waals surface area contributed by atoms with Gasteiger partial charge >= 0.3 is 0 Å². The number of aromatic nitrogens is 2. The van der Waals surface area contributed by atoms with E-state index in [1.54, 1.807) is 14.2 Å². The van der Waals surface area contributed by atoms with E-state index in [-0.39, 0.29) is 5.88 Å². The van der Waals surface area contributed by atoms with Gasteiger partial charge in [0.2, 0.25) is 11.8 Å². The Balaban J connectivity index is 1.86. The van der Waals surface area contributed by atoms with E-state index in [1.165, 1.54) is 0 Å². The number of hydrogen-bond donors (Lipinski definition) is 2. The van der Waals surface area contributed by atoms with E-state index in [0.717, 1.165) is 22.4 Å². The van der Waals surface area contributed by atoms with Crippen LogP contribution in [0.15, 0.2) is 53.9 Å². The summed E-state index contributed by atoms with van der Waals surface area (Å²) in [6, 6.07) is 15.3. The molecule has 0 radical (unpaired) electrons. The highest BCUT2D eigenvalue weighted by molar-refractivity contribution is 5.73. The minimum atomic E-state index is -0.453. The lowest BCUT2D eigenvalue weighted by Crippen LogP contribution is -2.21. The second-order valence-electron chi connectivity index (χ2n) is 6.81. The fraction of sp³-hybridized carbons (Fsp3) is 0.217. The summed E-state index contributed by atoms with van der Waals surface area (Å²) >= 11 is 0. The van der Waals surface area contributed by atoms with E-state index in [1.807, 2.05) is 49.4 Å². The second-order valence-corrected chi connectivity index (χ2v) is 6.81. The van der Waals surface area contributed by atoms with Crippen LogP contribution >= 0.6 is 0 Å². The van der Waals surface area contributed by atoms with Crippen molar-refractivity contribution in [1.82, 2.24) is 10.2 Å². The van der Waals surface area contributed by atoms with Crippen LogP contribution in [0.2, 0.25) is 0 Å². The molecule has 1 unspecified atom stereocenters. The van der Waals surface area contributed by atoms with Crippen molar-refractivity contribution in [3.63, 3.8) is 0 Å². The summed E-state index contributed by atoms with van der Waals surface area (Å²) in [5.74, 6) is 1.86. The van der Waals surface area contributed by atoms with Crippen molar-refractivity contribution in [3.8, 4) is 40.5 Å². The lowest BCUT2D eigenvalue weighted by Gasteiger charge is -2.24. The average molecular weight is 418 g/mol. The fourth-order valence-electron chi connectivity index (χ4n) is 3.71. The molecule has 158 valence electrons. The van der Waals surface area contributed by atoms with Gasteiger partial charge in [-0.3, -0.25) is 5.10 Å². The average Bonchev–Trinajstić information content (AvgIpc) is 3.21. The quantitative estimate of drug-likeness (QED) is 0.627. The van der Waals surface area contributed by atoms with Gasteiger partial charge in [0.15, 0.2) is 11.5 Å². The third-order valence-corrected chi connectivity index (χ3v) is 5.14. The lowest BCUT2D eigenvalue weighted by molar-refractivity contribution is 0.340. The Kier molecular flexibility index (Phi) is 5.41. The van der Waals surface area contributed by atoms with Gasteiger partial charge in [-0.15, -0.1) is 5.10 Å². The molecule has 31 heavy (non-hydrogen) atoms. The van der Waals surface area contributed by atoms with Crippen molar-refractivity contribution in [3.05, 3.63) is 65.0 Å². The minimum Gasteiger partial charge on any atom is -0.494 e. The van der Waals surface area contributed by atoms with Crippen molar-refractivity contribution >= 4 is 0 Å². The third-order valence-electron chi connectivity index (χ3n) is 5.14. The first-order chi connectivity index (χ1) is 15.1. The summed E-state index contributed by atoms with van der Waals surface area (Å²) in [4.78, 5) is 0. The molecule has 0 fully saturated rings. The zero-order chi connectivity index (χ0) is 22.0.